The summed E-state index contributed by atoms with van der Waals surface area (Å²) in [5, 5.41) is 2.39. The van der Waals surface area contributed by atoms with Crippen molar-refractivity contribution >= 4 is 50.4 Å². The smallest absolute Gasteiger partial charge is 0.354 e. The zero-order valence-corrected chi connectivity index (χ0v) is 49.5. The molecular formula is C68H75N5Pt. The van der Waals surface area contributed by atoms with Gasteiger partial charge in [-0.25, -0.2) is 4.98 Å². The number of aryl methyl sites for hydroxylation is 4. The fourth-order valence-corrected chi connectivity index (χ4v) is 12.7. The maximum absolute atomic E-state index is 6.11. The minimum atomic E-state index is -0.480. The van der Waals surface area contributed by atoms with Gasteiger partial charge in [-0.05, 0) is 156 Å². The molecule has 0 bridgehead atoms. The largest absolute Gasteiger partial charge is 2.00 e. The van der Waals surface area contributed by atoms with Gasteiger partial charge < -0.3 is 19.4 Å². The van der Waals surface area contributed by atoms with Crippen LogP contribution in [-0.4, -0.2) is 20.9 Å². The van der Waals surface area contributed by atoms with Gasteiger partial charge in [-0.2, -0.15) is 6.07 Å². The maximum atomic E-state index is 6.11. The topological polar surface area (TPSA) is 36.7 Å². The average Bonchev–Trinajstić information content (AvgIpc) is 3.84. The van der Waals surface area contributed by atoms with Gasteiger partial charge in [0.2, 0.25) is 0 Å². The number of nitrogens with zero attached hydrogens (tertiary/aromatic N) is 5. The van der Waals surface area contributed by atoms with Crippen molar-refractivity contribution in [2.24, 2.45) is 4.99 Å². The van der Waals surface area contributed by atoms with Crippen LogP contribution in [-0.2, 0) is 49.3 Å². The maximum Gasteiger partial charge on any atom is 2.00 e. The van der Waals surface area contributed by atoms with E-state index in [0.717, 1.165) is 51.7 Å². The summed E-state index contributed by atoms with van der Waals surface area (Å²) in [5.74, 6) is 2.46. The van der Waals surface area contributed by atoms with Crippen molar-refractivity contribution in [3.05, 3.63) is 188 Å². The van der Waals surface area contributed by atoms with Gasteiger partial charge in [0, 0.05) is 23.1 Å². The van der Waals surface area contributed by atoms with Gasteiger partial charge in [0.1, 0.15) is 5.82 Å². The van der Waals surface area contributed by atoms with Crippen molar-refractivity contribution in [1.29, 1.82) is 0 Å². The Bertz CT molecular complexity index is 3620. The zero-order chi connectivity index (χ0) is 52.2. The molecule has 0 N–H and O–H groups in total. The quantitative estimate of drug-likeness (QED) is 0.156. The van der Waals surface area contributed by atoms with Crippen LogP contribution in [0.1, 0.15) is 181 Å². The Hall–Kier alpha value is -5.77. The van der Waals surface area contributed by atoms with Gasteiger partial charge in [-0.1, -0.05) is 160 Å². The number of fused-ring (bicyclic) bond motifs is 8. The van der Waals surface area contributed by atoms with E-state index in [9.17, 15) is 0 Å². The number of aromatic nitrogens is 2. The standard InChI is InChI=1S/C68H75N5.Pt/c1-39(2)50-20-19-21-51(40(3)4)62(50)73-63(70-67(17)38-46-30-43(7)44(8)31-54(46)68(67,73)18)45-32-48(65(12,13)14)34-49(33-45)71-58-25-23-42(6)29-55(58)66(15,16)56-36-53-52-28-41(5)22-24-57(52)72(59(53)37-60(56)71)61-35-47(26-27-69-61)64(9,10)11;/h19-32,34-36,39-40H,38H2,1-18H3;/q-2;+2/t67-,68+;/m1./s1. The molecular weight excluding hydrogens is 1080 g/mol. The number of hydrogen-bond acceptors (Lipinski definition) is 4. The van der Waals surface area contributed by atoms with Crippen molar-refractivity contribution in [3.8, 4) is 5.82 Å². The predicted octanol–water partition coefficient (Wildman–Crippen LogP) is 17.5. The molecule has 5 nitrogen and oxygen atoms in total. The Balaban J connectivity index is 0.00000626. The first kappa shape index (κ1) is 51.7. The minimum Gasteiger partial charge on any atom is -0.354 e. The Kier molecular flexibility index (Phi) is 12.1. The molecule has 2 atom stereocenters. The first-order valence-electron chi connectivity index (χ1n) is 26.8. The Morgan fingerprint density at radius 1 is 0.635 bits per heavy atom. The molecule has 8 aromatic rings. The van der Waals surface area contributed by atoms with Crippen LogP contribution in [0.4, 0.5) is 22.7 Å². The summed E-state index contributed by atoms with van der Waals surface area (Å²) < 4.78 is 2.35. The van der Waals surface area contributed by atoms with Gasteiger partial charge >= 0.3 is 21.1 Å². The Labute approximate surface area is 456 Å². The van der Waals surface area contributed by atoms with Crippen LogP contribution in [0.15, 0.2) is 108 Å². The van der Waals surface area contributed by atoms with Gasteiger partial charge in [0.25, 0.3) is 0 Å². The van der Waals surface area contributed by atoms with Crippen molar-refractivity contribution < 1.29 is 21.1 Å². The predicted molar refractivity (Wildman–Crippen MR) is 309 cm³/mol. The Morgan fingerprint density at radius 3 is 1.95 bits per heavy atom. The number of para-hydroxylation sites is 1. The van der Waals surface area contributed by atoms with E-state index >= 15 is 0 Å². The van der Waals surface area contributed by atoms with Gasteiger partial charge in [0.05, 0.1) is 16.9 Å². The molecule has 4 heterocycles. The number of amidine groups is 1. The summed E-state index contributed by atoms with van der Waals surface area (Å²) in [6.07, 6.45) is 2.83. The molecule has 1 aliphatic carbocycles. The average molecular weight is 1160 g/mol. The van der Waals surface area contributed by atoms with Crippen molar-refractivity contribution in [3.63, 3.8) is 0 Å². The monoisotopic (exact) mass is 1160 g/mol. The van der Waals surface area contributed by atoms with Crippen LogP contribution in [0, 0.1) is 39.8 Å². The summed E-state index contributed by atoms with van der Waals surface area (Å²) >= 11 is 0. The molecule has 11 rings (SSSR count). The number of anilines is 4. The second-order valence-corrected chi connectivity index (χ2v) is 25.7. The number of aliphatic imine (C=N–C) groups is 1. The molecule has 2 aromatic heterocycles. The molecule has 74 heavy (non-hydrogen) atoms. The third kappa shape index (κ3) is 7.71. The van der Waals surface area contributed by atoms with Crippen LogP contribution in [0.5, 0.6) is 0 Å². The molecule has 0 radical (unpaired) electrons. The molecule has 3 aliphatic rings. The molecule has 382 valence electrons. The van der Waals surface area contributed by atoms with E-state index in [1.165, 1.54) is 83.2 Å². The third-order valence-corrected chi connectivity index (χ3v) is 17.4. The minimum absolute atomic E-state index is 0. The third-order valence-electron chi connectivity index (χ3n) is 17.4. The molecule has 6 aromatic carbocycles. The van der Waals surface area contributed by atoms with E-state index in [4.69, 9.17) is 9.98 Å². The first-order valence-corrected chi connectivity index (χ1v) is 26.8. The van der Waals surface area contributed by atoms with Gasteiger partial charge in [0.15, 0.2) is 0 Å². The summed E-state index contributed by atoms with van der Waals surface area (Å²) in [5.41, 5.74) is 21.6. The second-order valence-electron chi connectivity index (χ2n) is 25.7. The SMILES string of the molecule is Cc1ccc2c(c1)C(C)(C)c1cc3c4cc(C)ccc4n(-c4cc(C(C)(C)C)ccn4)c3[c-]c1N2c1[c-]c(C2=N[C@]3(C)Cc4cc(C)c(C)cc4[C@]3(C)N2c2c(C(C)C)cccc2C(C)C)cc(C(C)(C)C)c1.[Pt+2]. The number of benzene rings is 6. The van der Waals surface area contributed by atoms with Crippen LogP contribution in [0.2, 0.25) is 0 Å². The molecule has 0 saturated carbocycles. The molecule has 0 amide bonds. The number of rotatable bonds is 6. The summed E-state index contributed by atoms with van der Waals surface area (Å²) in [6.45, 7) is 41.8. The van der Waals surface area contributed by atoms with E-state index in [2.05, 4.69) is 248 Å². The zero-order valence-electron chi connectivity index (χ0n) is 47.2. The van der Waals surface area contributed by atoms with Crippen LogP contribution < -0.4 is 9.80 Å². The van der Waals surface area contributed by atoms with Crippen LogP contribution in [0.25, 0.3) is 27.6 Å². The van der Waals surface area contributed by atoms with Gasteiger partial charge in [-0.15, -0.1) is 46.3 Å². The molecule has 2 aliphatic heterocycles. The van der Waals surface area contributed by atoms with Crippen molar-refractivity contribution in [2.45, 2.75) is 170 Å². The summed E-state index contributed by atoms with van der Waals surface area (Å²) in [4.78, 5) is 16.4. The Morgan fingerprint density at radius 2 is 1.28 bits per heavy atom. The first-order chi connectivity index (χ1) is 34.2. The van der Waals surface area contributed by atoms with Gasteiger partial charge in [-0.3, -0.25) is 0 Å². The fraction of sp³-hybridized carbons (Fsp3) is 0.382. The molecule has 0 fully saturated rings. The van der Waals surface area contributed by atoms with Crippen LogP contribution in [0.3, 0.4) is 0 Å². The van der Waals surface area contributed by atoms with E-state index in [1.807, 2.05) is 6.20 Å². The fourth-order valence-electron chi connectivity index (χ4n) is 12.7. The van der Waals surface area contributed by atoms with E-state index < -0.39 is 11.1 Å². The van der Waals surface area contributed by atoms with Crippen molar-refractivity contribution in [1.82, 2.24) is 9.55 Å². The number of hydrogen-bond donors (Lipinski definition) is 0. The van der Waals surface area contributed by atoms with E-state index in [-0.39, 0.29) is 49.1 Å². The molecule has 0 unspecified atom stereocenters. The van der Waals surface area contributed by atoms with Crippen molar-refractivity contribution in [2.75, 3.05) is 9.80 Å². The second kappa shape index (κ2) is 17.4. The normalized spacial score (nSPS) is 19.0. The molecule has 6 heteroatoms. The number of pyridine rings is 1. The molecule has 0 spiro atoms. The molecule has 0 saturated heterocycles. The summed E-state index contributed by atoms with van der Waals surface area (Å²) in [6, 6.07) is 45.9. The van der Waals surface area contributed by atoms with E-state index in [1.54, 1.807) is 0 Å². The van der Waals surface area contributed by atoms with Crippen LogP contribution >= 0.6 is 0 Å². The van der Waals surface area contributed by atoms with E-state index in [0.29, 0.717) is 0 Å². The summed E-state index contributed by atoms with van der Waals surface area (Å²) in [7, 11) is 0.